The van der Waals surface area contributed by atoms with Crippen molar-refractivity contribution >= 4 is 11.3 Å². The normalized spacial score (nSPS) is 33.0. The van der Waals surface area contributed by atoms with Crippen molar-refractivity contribution in [3.63, 3.8) is 0 Å². The van der Waals surface area contributed by atoms with Crippen LogP contribution in [-0.4, -0.2) is 24.0 Å². The zero-order chi connectivity index (χ0) is 17.8. The van der Waals surface area contributed by atoms with Crippen LogP contribution in [0.3, 0.4) is 0 Å². The van der Waals surface area contributed by atoms with Crippen LogP contribution in [0, 0.1) is 45.3 Å². The second-order valence-electron chi connectivity index (χ2n) is 6.99. The third kappa shape index (κ3) is 1.89. The molecule has 0 amide bonds. The Morgan fingerprint density at radius 2 is 2.04 bits per heavy atom. The van der Waals surface area contributed by atoms with E-state index in [1.807, 2.05) is 16.8 Å². The van der Waals surface area contributed by atoms with Crippen LogP contribution < -0.4 is 5.73 Å². The highest BCUT2D eigenvalue weighted by Crippen LogP contribution is 2.58. The van der Waals surface area contributed by atoms with E-state index >= 15 is 0 Å². The van der Waals surface area contributed by atoms with Crippen LogP contribution in [0.2, 0.25) is 0 Å². The summed E-state index contributed by atoms with van der Waals surface area (Å²) < 4.78 is 0. The van der Waals surface area contributed by atoms with Gasteiger partial charge in [0.1, 0.15) is 6.07 Å². The Balaban J connectivity index is 2.05. The van der Waals surface area contributed by atoms with E-state index in [0.717, 1.165) is 24.0 Å². The summed E-state index contributed by atoms with van der Waals surface area (Å²) in [5.74, 6) is -0.428. The lowest BCUT2D eigenvalue weighted by molar-refractivity contribution is 0.161. The molecular formula is C19H17N5S. The molecule has 4 atom stereocenters. The van der Waals surface area contributed by atoms with Gasteiger partial charge in [-0.3, -0.25) is 4.90 Å². The molecule has 4 rings (SSSR count). The number of nitrogens with two attached hydrogens (primary N) is 1. The van der Waals surface area contributed by atoms with Crippen LogP contribution in [-0.2, 0) is 0 Å². The highest BCUT2D eigenvalue weighted by molar-refractivity contribution is 7.08. The highest BCUT2D eigenvalue weighted by atomic mass is 32.1. The third-order valence-electron chi connectivity index (χ3n) is 6.13. The summed E-state index contributed by atoms with van der Waals surface area (Å²) in [6, 6.07) is 9.06. The number of nitrogens with zero attached hydrogens (tertiary/aromatic N) is 4. The zero-order valence-electron chi connectivity index (χ0n) is 13.8. The van der Waals surface area contributed by atoms with E-state index < -0.39 is 5.41 Å². The molecule has 0 spiro atoms. The Labute approximate surface area is 150 Å². The number of thiophene rings is 1. The van der Waals surface area contributed by atoms with Gasteiger partial charge in [0, 0.05) is 23.9 Å². The second kappa shape index (κ2) is 5.46. The minimum atomic E-state index is -1.51. The van der Waals surface area contributed by atoms with Crippen molar-refractivity contribution in [3.8, 4) is 18.2 Å². The van der Waals surface area contributed by atoms with E-state index in [9.17, 15) is 15.8 Å². The highest BCUT2D eigenvalue weighted by Gasteiger charge is 2.58. The van der Waals surface area contributed by atoms with E-state index in [0.29, 0.717) is 11.6 Å². The molecule has 25 heavy (non-hydrogen) atoms. The molecule has 124 valence electrons. The number of fused-ring (bicyclic) bond motifs is 4. The van der Waals surface area contributed by atoms with Crippen LogP contribution in [0.4, 0.5) is 0 Å². The fourth-order valence-corrected chi connectivity index (χ4v) is 5.61. The monoisotopic (exact) mass is 347 g/mol. The van der Waals surface area contributed by atoms with Gasteiger partial charge in [-0.15, -0.1) is 0 Å². The number of rotatable bonds is 1. The second-order valence-corrected chi connectivity index (χ2v) is 7.77. The first-order valence-electron chi connectivity index (χ1n) is 8.28. The van der Waals surface area contributed by atoms with Crippen LogP contribution in [0.1, 0.15) is 24.3 Å². The maximum atomic E-state index is 9.99. The summed E-state index contributed by atoms with van der Waals surface area (Å²) in [5.41, 5.74) is 7.14. The van der Waals surface area contributed by atoms with E-state index in [1.165, 1.54) is 0 Å². The van der Waals surface area contributed by atoms with Crippen LogP contribution in [0.25, 0.3) is 0 Å². The molecule has 3 heterocycles. The van der Waals surface area contributed by atoms with Crippen LogP contribution >= 0.6 is 11.3 Å². The molecule has 2 bridgehead atoms. The summed E-state index contributed by atoms with van der Waals surface area (Å²) in [4.78, 5) is 2.32. The molecule has 6 heteroatoms. The quantitative estimate of drug-likeness (QED) is 0.841. The van der Waals surface area contributed by atoms with Gasteiger partial charge < -0.3 is 5.73 Å². The minimum absolute atomic E-state index is 0.0698. The molecule has 1 fully saturated rings. The smallest absolute Gasteiger partial charge is 0.191 e. The van der Waals surface area contributed by atoms with Gasteiger partial charge in [0.05, 0.1) is 23.4 Å². The fraction of sp³-hybridized carbons (Fsp3) is 0.421. The summed E-state index contributed by atoms with van der Waals surface area (Å²) in [7, 11) is 2.09. The van der Waals surface area contributed by atoms with Crippen LogP contribution in [0.5, 0.6) is 0 Å². The molecule has 2 aliphatic heterocycles. The van der Waals surface area contributed by atoms with Crippen molar-refractivity contribution in [2.45, 2.75) is 30.8 Å². The molecule has 1 aromatic heterocycles. The van der Waals surface area contributed by atoms with Crippen molar-refractivity contribution in [2.24, 2.45) is 17.1 Å². The van der Waals surface area contributed by atoms with Gasteiger partial charge in [0.15, 0.2) is 5.41 Å². The number of hydrogen-bond donors (Lipinski definition) is 1. The number of allylic oxidation sites excluding steroid dienone is 2. The van der Waals surface area contributed by atoms with E-state index in [-0.39, 0.29) is 23.6 Å². The van der Waals surface area contributed by atoms with Gasteiger partial charge in [0.25, 0.3) is 0 Å². The molecule has 1 aromatic rings. The Bertz CT molecular complexity index is 891. The molecule has 0 unspecified atom stereocenters. The first kappa shape index (κ1) is 15.9. The van der Waals surface area contributed by atoms with Gasteiger partial charge >= 0.3 is 0 Å². The third-order valence-corrected chi connectivity index (χ3v) is 6.83. The van der Waals surface area contributed by atoms with Crippen molar-refractivity contribution < 1.29 is 0 Å². The Kier molecular flexibility index (Phi) is 3.48. The van der Waals surface area contributed by atoms with Gasteiger partial charge in [-0.1, -0.05) is 6.08 Å². The summed E-state index contributed by atoms with van der Waals surface area (Å²) >= 11 is 1.55. The van der Waals surface area contributed by atoms with Crippen molar-refractivity contribution in [2.75, 3.05) is 7.05 Å². The predicted molar refractivity (Wildman–Crippen MR) is 93.7 cm³/mol. The Morgan fingerprint density at radius 1 is 1.28 bits per heavy atom. The number of nitriles is 3. The Morgan fingerprint density at radius 3 is 2.64 bits per heavy atom. The lowest BCUT2D eigenvalue weighted by Gasteiger charge is -2.48. The van der Waals surface area contributed by atoms with Crippen molar-refractivity contribution in [1.29, 1.82) is 15.8 Å². The predicted octanol–water partition coefficient (Wildman–Crippen LogP) is 2.63. The fourth-order valence-electron chi connectivity index (χ4n) is 4.91. The standard InChI is InChI=1S/C19H17N5S/c1-24-12-2-3-15(24)16-13(6-12)14(7-20)18(23)19(9-21,10-22)17(16)11-4-5-25-8-11/h4-6,8,12,15-17H,2-3,23H2,1H3/t12-,15+,16+,17+/m1/s1. The minimum Gasteiger partial charge on any atom is -0.399 e. The zero-order valence-corrected chi connectivity index (χ0v) is 14.6. The molecule has 0 aromatic carbocycles. The molecule has 3 aliphatic rings. The van der Waals surface area contributed by atoms with Gasteiger partial charge in [-0.25, -0.2) is 0 Å². The number of hydrogen-bond acceptors (Lipinski definition) is 6. The first-order chi connectivity index (χ1) is 12.1. The van der Waals surface area contributed by atoms with E-state index in [4.69, 9.17) is 5.73 Å². The molecule has 0 radical (unpaired) electrons. The van der Waals surface area contributed by atoms with E-state index in [2.05, 4.69) is 36.2 Å². The Hall–Kier alpha value is -2.59. The van der Waals surface area contributed by atoms with Crippen LogP contribution in [0.15, 0.2) is 39.7 Å². The molecule has 1 saturated heterocycles. The number of likely N-dealkylation sites (N-methyl/N-ethyl adjacent to an activating group) is 1. The maximum Gasteiger partial charge on any atom is 0.191 e. The van der Waals surface area contributed by atoms with Gasteiger partial charge in [0.2, 0.25) is 0 Å². The summed E-state index contributed by atoms with van der Waals surface area (Å²) in [5, 5.41) is 33.7. The molecule has 5 nitrogen and oxygen atoms in total. The van der Waals surface area contributed by atoms with Gasteiger partial charge in [-0.2, -0.15) is 27.1 Å². The lowest BCUT2D eigenvalue weighted by atomic mass is 9.56. The maximum absolute atomic E-state index is 9.99. The largest absolute Gasteiger partial charge is 0.399 e. The van der Waals surface area contributed by atoms with E-state index in [1.54, 1.807) is 11.3 Å². The topological polar surface area (TPSA) is 101 Å². The van der Waals surface area contributed by atoms with Gasteiger partial charge in [-0.05, 0) is 47.9 Å². The lowest BCUT2D eigenvalue weighted by Crippen LogP contribution is -2.51. The average molecular weight is 347 g/mol. The SMILES string of the molecule is CN1[C@H]2C=C3C(C#N)=C(N)C(C#N)(C#N)[C@@H](c4ccsc4)[C@@H]3[C@@H]1CC2. The van der Waals surface area contributed by atoms with Crippen molar-refractivity contribution in [3.05, 3.63) is 45.3 Å². The first-order valence-corrected chi connectivity index (χ1v) is 9.22. The molecular weight excluding hydrogens is 330 g/mol. The molecule has 1 aliphatic carbocycles. The summed E-state index contributed by atoms with van der Waals surface area (Å²) in [6.45, 7) is 0. The average Bonchev–Trinajstić information content (AvgIpc) is 3.21. The molecule has 0 saturated carbocycles. The molecule has 2 N–H and O–H groups in total. The summed E-state index contributed by atoms with van der Waals surface area (Å²) in [6.07, 6.45) is 4.16. The van der Waals surface area contributed by atoms with Crippen molar-refractivity contribution in [1.82, 2.24) is 4.90 Å².